The fraction of sp³-hybridized carbons (Fsp3) is 0.500. The van der Waals surface area contributed by atoms with Gasteiger partial charge in [-0.3, -0.25) is 0 Å². The van der Waals surface area contributed by atoms with Crippen LogP contribution in [0, 0.1) is 0 Å². The van der Waals surface area contributed by atoms with E-state index in [1.807, 2.05) is 0 Å². The van der Waals surface area contributed by atoms with Crippen molar-refractivity contribution < 1.29 is 31.8 Å². The molecule has 0 aliphatic rings. The van der Waals surface area contributed by atoms with Gasteiger partial charge in [0.05, 0.1) is 0 Å². The van der Waals surface area contributed by atoms with E-state index in [0.717, 1.165) is 0 Å². The normalized spacial score (nSPS) is 13.6. The molecule has 76 valence electrons. The fourth-order valence-electron chi connectivity index (χ4n) is 0.410. The number of carbonyl (C=O) groups excluding carboxylic acids is 1. The van der Waals surface area contributed by atoms with Gasteiger partial charge >= 0.3 is 12.1 Å². The number of ether oxygens (including phenoxy) is 2. The summed E-state index contributed by atoms with van der Waals surface area (Å²) in [6.45, 7) is 2.46. The topological polar surface area (TPSA) is 35.5 Å². The lowest BCUT2D eigenvalue weighted by Crippen LogP contribution is -2.35. The molecular weight excluding hydrogens is 196 g/mol. The average molecular weight is 202 g/mol. The SMILES string of the molecule is C=C(F)C(=O)OC(OC)C(F)(F)F. The average Bonchev–Trinajstić information content (AvgIpc) is 1.96. The second-order valence-corrected chi connectivity index (χ2v) is 1.92. The number of methoxy groups -OCH3 is 1. The third-order valence-electron chi connectivity index (χ3n) is 0.917. The first-order valence-corrected chi connectivity index (χ1v) is 2.94. The summed E-state index contributed by atoms with van der Waals surface area (Å²) < 4.78 is 54.6. The van der Waals surface area contributed by atoms with Crippen molar-refractivity contribution in [3.05, 3.63) is 12.4 Å². The van der Waals surface area contributed by atoms with E-state index in [-0.39, 0.29) is 0 Å². The number of rotatable bonds is 3. The first kappa shape index (κ1) is 11.9. The second kappa shape index (κ2) is 4.22. The number of halogens is 4. The highest BCUT2D eigenvalue weighted by atomic mass is 19.4. The van der Waals surface area contributed by atoms with Gasteiger partial charge in [0.2, 0.25) is 5.83 Å². The molecule has 0 N–H and O–H groups in total. The van der Waals surface area contributed by atoms with Crippen LogP contribution in [0.2, 0.25) is 0 Å². The van der Waals surface area contributed by atoms with Crippen molar-refractivity contribution >= 4 is 5.97 Å². The van der Waals surface area contributed by atoms with E-state index in [4.69, 9.17) is 0 Å². The number of alkyl halides is 3. The van der Waals surface area contributed by atoms with Gasteiger partial charge in [0, 0.05) is 7.11 Å². The van der Waals surface area contributed by atoms with E-state index in [2.05, 4.69) is 16.1 Å². The van der Waals surface area contributed by atoms with Crippen LogP contribution >= 0.6 is 0 Å². The van der Waals surface area contributed by atoms with Crippen molar-refractivity contribution in [2.24, 2.45) is 0 Å². The minimum absolute atomic E-state index is 0.673. The van der Waals surface area contributed by atoms with Crippen LogP contribution in [0.25, 0.3) is 0 Å². The minimum atomic E-state index is -4.89. The summed E-state index contributed by atoms with van der Waals surface area (Å²) >= 11 is 0. The van der Waals surface area contributed by atoms with Crippen LogP contribution in [-0.4, -0.2) is 25.5 Å². The van der Waals surface area contributed by atoms with Gasteiger partial charge in [0.15, 0.2) is 0 Å². The van der Waals surface area contributed by atoms with E-state index in [0.29, 0.717) is 7.11 Å². The summed E-state index contributed by atoms with van der Waals surface area (Å²) in [5, 5.41) is 0. The van der Waals surface area contributed by atoms with Gasteiger partial charge in [-0.05, 0) is 0 Å². The van der Waals surface area contributed by atoms with Crippen LogP contribution in [0.4, 0.5) is 17.6 Å². The summed E-state index contributed by atoms with van der Waals surface area (Å²) in [7, 11) is 0.673. The molecule has 0 aromatic carbocycles. The zero-order valence-corrected chi connectivity index (χ0v) is 6.52. The maximum Gasteiger partial charge on any atom is 0.452 e. The molecule has 0 aromatic heterocycles. The smallest absolute Gasteiger partial charge is 0.420 e. The van der Waals surface area contributed by atoms with Crippen LogP contribution in [0.5, 0.6) is 0 Å². The molecule has 0 fully saturated rings. The predicted molar refractivity (Wildman–Crippen MR) is 33.2 cm³/mol. The Morgan fingerprint density at radius 3 is 2.15 bits per heavy atom. The maximum atomic E-state index is 11.9. The highest BCUT2D eigenvalue weighted by Crippen LogP contribution is 2.23. The van der Waals surface area contributed by atoms with Gasteiger partial charge in [0.1, 0.15) is 0 Å². The predicted octanol–water partition coefficient (Wildman–Crippen LogP) is 1.55. The lowest BCUT2D eigenvalue weighted by Gasteiger charge is -2.17. The summed E-state index contributed by atoms with van der Waals surface area (Å²) in [6, 6.07) is 0. The first-order chi connectivity index (χ1) is 5.79. The van der Waals surface area contributed by atoms with Gasteiger partial charge in [-0.1, -0.05) is 6.58 Å². The largest absolute Gasteiger partial charge is 0.452 e. The minimum Gasteiger partial charge on any atom is -0.420 e. The highest BCUT2D eigenvalue weighted by Gasteiger charge is 2.43. The molecule has 0 aliphatic carbocycles. The molecule has 0 heterocycles. The third kappa shape index (κ3) is 3.88. The summed E-state index contributed by atoms with van der Waals surface area (Å²) in [5.41, 5.74) is 0. The second-order valence-electron chi connectivity index (χ2n) is 1.92. The van der Waals surface area contributed by atoms with Crippen LogP contribution in [0.15, 0.2) is 12.4 Å². The Kier molecular flexibility index (Phi) is 3.86. The summed E-state index contributed by atoms with van der Waals surface area (Å²) in [6.07, 6.45) is -7.66. The van der Waals surface area contributed by atoms with Crippen molar-refractivity contribution in [3.63, 3.8) is 0 Å². The molecule has 0 bridgehead atoms. The van der Waals surface area contributed by atoms with E-state index in [1.165, 1.54) is 0 Å². The Labute approximate surface area is 70.9 Å². The molecular formula is C6H6F4O3. The van der Waals surface area contributed by atoms with Gasteiger partial charge in [-0.25, -0.2) is 4.79 Å². The fourth-order valence-corrected chi connectivity index (χ4v) is 0.410. The Balaban J connectivity index is 4.31. The van der Waals surface area contributed by atoms with Crippen LogP contribution in [-0.2, 0) is 14.3 Å². The molecule has 7 heteroatoms. The maximum absolute atomic E-state index is 11.9. The Morgan fingerprint density at radius 2 is 1.92 bits per heavy atom. The van der Waals surface area contributed by atoms with E-state index >= 15 is 0 Å². The van der Waals surface area contributed by atoms with Crippen molar-refractivity contribution in [2.75, 3.05) is 7.11 Å². The Morgan fingerprint density at radius 1 is 1.46 bits per heavy atom. The van der Waals surface area contributed by atoms with Gasteiger partial charge in [-0.15, -0.1) is 0 Å². The van der Waals surface area contributed by atoms with E-state index in [9.17, 15) is 22.4 Å². The van der Waals surface area contributed by atoms with Crippen LogP contribution in [0.3, 0.4) is 0 Å². The van der Waals surface area contributed by atoms with Crippen molar-refractivity contribution in [2.45, 2.75) is 12.5 Å². The molecule has 0 spiro atoms. The molecule has 0 saturated heterocycles. The standard InChI is InChI=1S/C6H6F4O3/c1-3(7)4(11)13-5(12-2)6(8,9)10/h5H,1H2,2H3. The summed E-state index contributed by atoms with van der Waals surface area (Å²) in [5.74, 6) is -3.42. The molecule has 0 radical (unpaired) electrons. The number of esters is 1. The quantitative estimate of drug-likeness (QED) is 0.301. The number of hydrogen-bond acceptors (Lipinski definition) is 3. The van der Waals surface area contributed by atoms with Gasteiger partial charge in [0.25, 0.3) is 6.29 Å². The molecule has 0 saturated carbocycles. The monoisotopic (exact) mass is 202 g/mol. The zero-order chi connectivity index (χ0) is 10.6. The molecule has 3 nitrogen and oxygen atoms in total. The Bertz CT molecular complexity index is 210. The molecule has 1 atom stereocenters. The highest BCUT2D eigenvalue weighted by molar-refractivity contribution is 5.85. The number of carbonyl (C=O) groups is 1. The lowest BCUT2D eigenvalue weighted by atomic mass is 10.5. The number of hydrogen-bond donors (Lipinski definition) is 0. The van der Waals surface area contributed by atoms with Gasteiger partial charge in [-0.2, -0.15) is 17.6 Å². The van der Waals surface area contributed by atoms with Crippen molar-refractivity contribution in [1.29, 1.82) is 0 Å². The van der Waals surface area contributed by atoms with Crippen molar-refractivity contribution in [3.8, 4) is 0 Å². The zero-order valence-electron chi connectivity index (χ0n) is 6.52. The molecule has 0 rings (SSSR count). The Hall–Kier alpha value is -1.11. The molecule has 0 aromatic rings. The molecule has 0 amide bonds. The van der Waals surface area contributed by atoms with E-state index in [1.54, 1.807) is 0 Å². The summed E-state index contributed by atoms with van der Waals surface area (Å²) in [4.78, 5) is 10.3. The van der Waals surface area contributed by atoms with Crippen LogP contribution < -0.4 is 0 Å². The van der Waals surface area contributed by atoms with Gasteiger partial charge < -0.3 is 9.47 Å². The van der Waals surface area contributed by atoms with Crippen molar-refractivity contribution in [1.82, 2.24) is 0 Å². The molecule has 0 aliphatic heterocycles. The lowest BCUT2D eigenvalue weighted by molar-refractivity contribution is -0.291. The molecule has 13 heavy (non-hydrogen) atoms. The van der Waals surface area contributed by atoms with E-state index < -0.39 is 24.3 Å². The molecule has 1 unspecified atom stereocenters. The van der Waals surface area contributed by atoms with Crippen LogP contribution in [0.1, 0.15) is 0 Å². The first-order valence-electron chi connectivity index (χ1n) is 2.94. The third-order valence-corrected chi connectivity index (χ3v) is 0.917.